The number of nitriles is 1. The van der Waals surface area contributed by atoms with Crippen LogP contribution in [-0.4, -0.2) is 24.7 Å². The maximum absolute atomic E-state index is 10.6. The number of benzene rings is 4. The van der Waals surface area contributed by atoms with Gasteiger partial charge in [0, 0.05) is 17.5 Å². The number of anilines is 5. The molecule has 9 rings (SSSR count). The van der Waals surface area contributed by atoms with Crippen LogP contribution in [0, 0.1) is 45.9 Å². The summed E-state index contributed by atoms with van der Waals surface area (Å²) in [6.07, 6.45) is 0.687. The van der Waals surface area contributed by atoms with Crippen molar-refractivity contribution >= 4 is 82.8 Å². The zero-order valence-corrected chi connectivity index (χ0v) is 34.7. The molecule has 0 amide bonds. The van der Waals surface area contributed by atoms with E-state index in [4.69, 9.17) is 30.3 Å². The van der Waals surface area contributed by atoms with E-state index in [1.165, 1.54) is 28.0 Å². The number of nitrogens with one attached hydrogen (secondary N) is 1. The van der Waals surface area contributed by atoms with Crippen molar-refractivity contribution in [1.29, 1.82) is 5.26 Å². The molecule has 0 unspecified atom stereocenters. The summed E-state index contributed by atoms with van der Waals surface area (Å²) in [5.41, 5.74) is 12.7. The minimum atomic E-state index is -0.437. The van der Waals surface area contributed by atoms with Crippen LogP contribution < -0.4 is 10.2 Å². The molecule has 5 heterocycles. The number of hydrogen-bond donors (Lipinski definition) is 1. The van der Waals surface area contributed by atoms with Gasteiger partial charge in [-0.25, -0.2) is 15.0 Å². The number of aryl methyl sites for hydroxylation is 5. The van der Waals surface area contributed by atoms with E-state index in [0.717, 1.165) is 59.2 Å². The van der Waals surface area contributed by atoms with Crippen molar-refractivity contribution in [3.05, 3.63) is 129 Å². The maximum atomic E-state index is 10.6. The molecule has 8 aromatic rings. The molecule has 0 atom stereocenters. The second-order valence-electron chi connectivity index (χ2n) is 15.8. The zero-order chi connectivity index (χ0) is 39.7. The molecule has 12 heteroatoms. The molecule has 0 saturated carbocycles. The third-order valence-corrected chi connectivity index (χ3v) is 12.2. The third-order valence-electron chi connectivity index (χ3n) is 10.2. The fourth-order valence-electron chi connectivity index (χ4n) is 7.75. The van der Waals surface area contributed by atoms with Gasteiger partial charge in [0.1, 0.15) is 23.1 Å². The van der Waals surface area contributed by atoms with Crippen LogP contribution >= 0.6 is 22.7 Å². The second kappa shape index (κ2) is 13.7. The highest BCUT2D eigenvalue weighted by Crippen LogP contribution is 2.47. The lowest BCUT2D eigenvalue weighted by Gasteiger charge is -2.29. The average Bonchev–Trinajstić information content (AvgIpc) is 3.88. The summed E-state index contributed by atoms with van der Waals surface area (Å²) in [6.45, 7) is 16.7. The number of rotatable bonds is 4. The lowest BCUT2D eigenvalue weighted by molar-refractivity contribution is 0.559. The monoisotopic (exact) mass is 784 g/mol. The summed E-state index contributed by atoms with van der Waals surface area (Å²) >= 11 is 3.14. The number of aromatic nitrogens is 5. The van der Waals surface area contributed by atoms with Crippen LogP contribution in [0.25, 0.3) is 25.6 Å². The molecule has 1 aliphatic heterocycles. The minimum Gasteiger partial charge on any atom is -0.338 e. The number of nitrogens with zero attached hydrogens (tertiary/aromatic N) is 9. The average molecular weight is 785 g/mol. The Morgan fingerprint density at radius 1 is 0.737 bits per heavy atom. The van der Waals surface area contributed by atoms with Gasteiger partial charge in [-0.3, -0.25) is 4.90 Å². The first kappa shape index (κ1) is 36.4. The van der Waals surface area contributed by atoms with Gasteiger partial charge < -0.3 is 5.32 Å². The Morgan fingerprint density at radius 3 is 2.04 bits per heavy atom. The quantitative estimate of drug-likeness (QED) is 0.176. The molecule has 1 aliphatic rings. The number of azo groups is 1. The van der Waals surface area contributed by atoms with Crippen molar-refractivity contribution in [2.75, 3.05) is 10.2 Å². The Hall–Kier alpha value is -6.29. The first-order valence-electron chi connectivity index (χ1n) is 18.8. The predicted octanol–water partition coefficient (Wildman–Crippen LogP) is 12.7. The molecular weight excluding hydrogens is 745 g/mol. The Labute approximate surface area is 339 Å². The number of para-hydroxylation sites is 2. The maximum Gasteiger partial charge on any atom is 0.213 e. The van der Waals surface area contributed by atoms with Crippen LogP contribution in [0.2, 0.25) is 0 Å². The minimum absolute atomic E-state index is 0.320. The molecular formula is C45H40N10S2. The first-order valence-corrected chi connectivity index (χ1v) is 20.5. The molecule has 282 valence electrons. The van der Waals surface area contributed by atoms with E-state index < -0.39 is 5.41 Å². The van der Waals surface area contributed by atoms with Crippen LogP contribution in [-0.2, 0) is 11.8 Å². The van der Waals surface area contributed by atoms with Crippen molar-refractivity contribution in [3.63, 3.8) is 0 Å². The van der Waals surface area contributed by atoms with Gasteiger partial charge in [0.2, 0.25) is 5.13 Å². The van der Waals surface area contributed by atoms with Crippen molar-refractivity contribution in [1.82, 2.24) is 24.7 Å². The summed E-state index contributed by atoms with van der Waals surface area (Å²) in [5, 5.41) is 30.6. The van der Waals surface area contributed by atoms with E-state index >= 15 is 0 Å². The van der Waals surface area contributed by atoms with Gasteiger partial charge in [0.25, 0.3) is 0 Å². The molecule has 10 nitrogen and oxygen atoms in total. The van der Waals surface area contributed by atoms with E-state index in [9.17, 15) is 5.26 Å². The molecule has 0 spiro atoms. The first-order chi connectivity index (χ1) is 27.4. The molecule has 4 aromatic heterocycles. The molecule has 1 N–H and O–H groups in total. The van der Waals surface area contributed by atoms with Crippen LogP contribution in [0.5, 0.6) is 0 Å². The molecule has 0 radical (unpaired) electrons. The van der Waals surface area contributed by atoms with Crippen LogP contribution in [0.3, 0.4) is 0 Å². The molecule has 0 saturated heterocycles. The highest BCUT2D eigenvalue weighted by molar-refractivity contribution is 7.22. The van der Waals surface area contributed by atoms with E-state index in [0.29, 0.717) is 46.0 Å². The number of pyridine rings is 1. The normalized spacial score (nSPS) is 12.9. The van der Waals surface area contributed by atoms with Gasteiger partial charge in [0.05, 0.1) is 31.8 Å². The third kappa shape index (κ3) is 6.42. The van der Waals surface area contributed by atoms with Crippen LogP contribution in [0.15, 0.2) is 89.1 Å². The Balaban J connectivity index is 1.29. The van der Waals surface area contributed by atoms with Crippen molar-refractivity contribution < 1.29 is 0 Å². The predicted molar refractivity (Wildman–Crippen MR) is 233 cm³/mol. The summed E-state index contributed by atoms with van der Waals surface area (Å²) < 4.78 is 3.77. The summed E-state index contributed by atoms with van der Waals surface area (Å²) in [5.74, 6) is 1.57. The lowest BCUT2D eigenvalue weighted by Crippen LogP contribution is -2.18. The van der Waals surface area contributed by atoms with Crippen LogP contribution in [0.1, 0.15) is 71.0 Å². The highest BCUT2D eigenvalue weighted by atomic mass is 32.1. The molecule has 57 heavy (non-hydrogen) atoms. The van der Waals surface area contributed by atoms with Gasteiger partial charge in [-0.15, -0.1) is 10.2 Å². The SMILES string of the molecule is Cc1cc(C)c2c(c1)Cc1cc(C)cc(C)c1N(c1nc3ccccc3s1)c1cc(C)c(/N=N/c3c(C#N)c(C(C)(C)C)nn3-c3nc4ccccc4s3)c(n1)N2. The van der Waals surface area contributed by atoms with Crippen LogP contribution in [0.4, 0.5) is 39.6 Å². The Kier molecular flexibility index (Phi) is 8.75. The Bertz CT molecular complexity index is 2920. The van der Waals surface area contributed by atoms with Crippen molar-refractivity contribution in [3.8, 4) is 11.2 Å². The van der Waals surface area contributed by atoms with Gasteiger partial charge in [-0.2, -0.15) is 15.0 Å². The fourth-order valence-corrected chi connectivity index (χ4v) is 9.65. The summed E-state index contributed by atoms with van der Waals surface area (Å²) in [7, 11) is 0. The van der Waals surface area contributed by atoms with Gasteiger partial charge in [-0.1, -0.05) is 103 Å². The van der Waals surface area contributed by atoms with E-state index in [-0.39, 0.29) is 0 Å². The topological polar surface area (TPSA) is 120 Å². The second-order valence-corrected chi connectivity index (χ2v) is 17.8. The lowest BCUT2D eigenvalue weighted by atomic mass is 9.90. The molecule has 0 aliphatic carbocycles. The zero-order valence-electron chi connectivity index (χ0n) is 33.1. The summed E-state index contributed by atoms with van der Waals surface area (Å²) in [6, 6.07) is 29.6. The number of hydrogen-bond acceptors (Lipinski definition) is 11. The van der Waals surface area contributed by atoms with Crippen molar-refractivity contribution in [2.24, 2.45) is 10.2 Å². The van der Waals surface area contributed by atoms with Crippen molar-refractivity contribution in [2.45, 2.75) is 67.2 Å². The molecule has 2 bridgehead atoms. The molecule has 4 aromatic carbocycles. The van der Waals surface area contributed by atoms with E-state index in [2.05, 4.69) is 86.4 Å². The highest BCUT2D eigenvalue weighted by Gasteiger charge is 2.30. The van der Waals surface area contributed by atoms with E-state index in [1.54, 1.807) is 16.0 Å². The van der Waals surface area contributed by atoms with Gasteiger partial charge in [-0.05, 0) is 92.8 Å². The van der Waals surface area contributed by atoms with Gasteiger partial charge in [0.15, 0.2) is 16.8 Å². The summed E-state index contributed by atoms with van der Waals surface area (Å²) in [4.78, 5) is 17.6. The number of thiazole rings is 2. The largest absolute Gasteiger partial charge is 0.338 e. The smallest absolute Gasteiger partial charge is 0.213 e. The fraction of sp³-hybridized carbons (Fsp3) is 0.222. The van der Waals surface area contributed by atoms with E-state index in [1.807, 2.05) is 64.1 Å². The standard InChI is InChI=1S/C45H40N10S2/c1-24-17-26(3)37-29(19-24)22-30-20-25(2)18-28(5)39(30)54(43-47-32-13-9-11-15-34(32)56-43)36-21-27(4)38(41(49-36)50-37)51-52-42-31(23-46)40(45(6,7)8)53-55(42)44-48-33-14-10-12-16-35(33)57-44/h9-21H,22H2,1-8H3,(H,49,50)/b52-51+. The Morgan fingerprint density at radius 2 is 1.37 bits per heavy atom. The molecule has 0 fully saturated rings. The van der Waals surface area contributed by atoms with Gasteiger partial charge >= 0.3 is 0 Å². The number of fused-ring (bicyclic) bond motifs is 6.